The molecular formula is C29H28BrClN2O3S. The fourth-order valence-electron chi connectivity index (χ4n) is 3.67. The number of hydrogen-bond acceptors (Lipinski definition) is 5. The standard InChI is InChI=1S/C29H28BrClN2O3S/c1-4-14-33-28(34)27(37-29(33)32-23-12-10-22(31)11-13-23)16-21-15-25(35-5-2)26(17-24(21)30)36-18-20-8-6-19(3)7-9-20/h6-13,15-17H,4-5,14,18H2,1-3H3/b27-16-,32-29?. The number of amides is 1. The summed E-state index contributed by atoms with van der Waals surface area (Å²) in [7, 11) is 0. The minimum atomic E-state index is -0.0656. The highest BCUT2D eigenvalue weighted by Gasteiger charge is 2.33. The van der Waals surface area contributed by atoms with E-state index in [2.05, 4.69) is 47.1 Å². The fourth-order valence-corrected chi connectivity index (χ4v) is 5.25. The number of aliphatic imine (C=N–C) groups is 1. The molecule has 0 N–H and O–H groups in total. The Kier molecular flexibility index (Phi) is 9.35. The van der Waals surface area contributed by atoms with E-state index in [-0.39, 0.29) is 5.91 Å². The third-order valence-electron chi connectivity index (χ3n) is 5.55. The van der Waals surface area contributed by atoms with Gasteiger partial charge >= 0.3 is 0 Å². The first kappa shape index (κ1) is 27.3. The van der Waals surface area contributed by atoms with Crippen LogP contribution in [0.4, 0.5) is 5.69 Å². The Morgan fingerprint density at radius 1 is 1.03 bits per heavy atom. The van der Waals surface area contributed by atoms with Crippen molar-refractivity contribution in [2.45, 2.75) is 33.8 Å². The van der Waals surface area contributed by atoms with Gasteiger partial charge in [-0.25, -0.2) is 4.99 Å². The number of hydrogen-bond donors (Lipinski definition) is 0. The second kappa shape index (κ2) is 12.7. The lowest BCUT2D eigenvalue weighted by Gasteiger charge is -2.15. The van der Waals surface area contributed by atoms with Crippen LogP contribution in [0, 0.1) is 6.92 Å². The first-order valence-corrected chi connectivity index (χ1v) is 14.1. The molecule has 0 aliphatic carbocycles. The second-order valence-electron chi connectivity index (χ2n) is 8.47. The highest BCUT2D eigenvalue weighted by Crippen LogP contribution is 2.39. The number of benzene rings is 3. The molecule has 0 spiro atoms. The summed E-state index contributed by atoms with van der Waals surface area (Å²) in [5.74, 6) is 1.20. The molecule has 3 aromatic carbocycles. The number of carbonyl (C=O) groups is 1. The summed E-state index contributed by atoms with van der Waals surface area (Å²) in [6.07, 6.45) is 2.70. The average Bonchev–Trinajstić information content (AvgIpc) is 3.16. The maximum atomic E-state index is 13.3. The third-order valence-corrected chi connectivity index (χ3v) is 7.50. The van der Waals surface area contributed by atoms with Crippen LogP contribution in [0.5, 0.6) is 11.5 Å². The van der Waals surface area contributed by atoms with Crippen molar-refractivity contribution in [1.29, 1.82) is 0 Å². The summed E-state index contributed by atoms with van der Waals surface area (Å²) in [5.41, 5.74) is 3.85. The van der Waals surface area contributed by atoms with Crippen molar-refractivity contribution >= 4 is 62.1 Å². The minimum Gasteiger partial charge on any atom is -0.490 e. The lowest BCUT2D eigenvalue weighted by atomic mass is 10.1. The van der Waals surface area contributed by atoms with Crippen molar-refractivity contribution < 1.29 is 14.3 Å². The molecule has 37 heavy (non-hydrogen) atoms. The number of rotatable bonds is 9. The highest BCUT2D eigenvalue weighted by molar-refractivity contribution is 9.10. The van der Waals surface area contributed by atoms with E-state index < -0.39 is 0 Å². The van der Waals surface area contributed by atoms with E-state index in [1.54, 1.807) is 17.0 Å². The second-order valence-corrected chi connectivity index (χ2v) is 10.8. The van der Waals surface area contributed by atoms with Crippen LogP contribution in [-0.4, -0.2) is 29.1 Å². The van der Waals surface area contributed by atoms with Gasteiger partial charge in [-0.15, -0.1) is 0 Å². The van der Waals surface area contributed by atoms with Gasteiger partial charge in [-0.1, -0.05) is 64.3 Å². The van der Waals surface area contributed by atoms with Gasteiger partial charge in [0.2, 0.25) is 0 Å². The van der Waals surface area contributed by atoms with Crippen LogP contribution in [0.25, 0.3) is 6.08 Å². The first-order chi connectivity index (χ1) is 17.9. The van der Waals surface area contributed by atoms with Gasteiger partial charge in [-0.2, -0.15) is 0 Å². The van der Waals surface area contributed by atoms with Crippen molar-refractivity contribution in [2.24, 2.45) is 4.99 Å². The molecule has 8 heteroatoms. The van der Waals surface area contributed by atoms with Gasteiger partial charge in [0.05, 0.1) is 17.2 Å². The van der Waals surface area contributed by atoms with Crippen LogP contribution >= 0.6 is 39.3 Å². The SMILES string of the molecule is CCCN1C(=O)/C(=C/c2cc(OCC)c(OCc3ccc(C)cc3)cc2Br)SC1=Nc1ccc(Cl)cc1. The molecule has 0 unspecified atom stereocenters. The Balaban J connectivity index is 1.61. The van der Waals surface area contributed by atoms with Gasteiger partial charge < -0.3 is 9.47 Å². The monoisotopic (exact) mass is 598 g/mol. The number of nitrogens with zero attached hydrogens (tertiary/aromatic N) is 2. The largest absolute Gasteiger partial charge is 0.490 e. The number of carbonyl (C=O) groups excluding carboxylic acids is 1. The fraction of sp³-hybridized carbons (Fsp3) is 0.241. The summed E-state index contributed by atoms with van der Waals surface area (Å²) in [6, 6.07) is 19.3. The normalized spacial score (nSPS) is 15.6. The first-order valence-electron chi connectivity index (χ1n) is 12.1. The zero-order valence-corrected chi connectivity index (χ0v) is 24.1. The number of amidine groups is 1. The molecule has 1 fully saturated rings. The van der Waals surface area contributed by atoms with Crippen LogP contribution < -0.4 is 9.47 Å². The smallest absolute Gasteiger partial charge is 0.266 e. The summed E-state index contributed by atoms with van der Waals surface area (Å²) in [5, 5.41) is 1.30. The molecule has 0 radical (unpaired) electrons. The molecule has 4 rings (SSSR count). The molecule has 3 aromatic rings. The molecular weight excluding hydrogens is 572 g/mol. The van der Waals surface area contributed by atoms with Crippen molar-refractivity contribution in [3.63, 3.8) is 0 Å². The van der Waals surface area contributed by atoms with Crippen molar-refractivity contribution in [3.8, 4) is 11.5 Å². The van der Waals surface area contributed by atoms with Gasteiger partial charge in [0.1, 0.15) is 6.61 Å². The number of thioether (sulfide) groups is 1. The van der Waals surface area contributed by atoms with Gasteiger partial charge in [-0.05, 0) is 85.6 Å². The molecule has 0 saturated carbocycles. The Morgan fingerprint density at radius 2 is 1.73 bits per heavy atom. The van der Waals surface area contributed by atoms with Crippen molar-refractivity contribution in [3.05, 3.63) is 91.8 Å². The van der Waals surface area contributed by atoms with Crippen LogP contribution in [0.1, 0.15) is 37.0 Å². The molecule has 0 bridgehead atoms. The van der Waals surface area contributed by atoms with Crippen LogP contribution in [0.15, 0.2) is 75.0 Å². The molecule has 5 nitrogen and oxygen atoms in total. The van der Waals surface area contributed by atoms with Gasteiger partial charge in [0.15, 0.2) is 16.7 Å². The average molecular weight is 600 g/mol. The Bertz CT molecular complexity index is 1320. The van der Waals surface area contributed by atoms with Crippen LogP contribution in [-0.2, 0) is 11.4 Å². The predicted octanol–water partition coefficient (Wildman–Crippen LogP) is 8.40. The number of ether oxygens (including phenoxy) is 2. The van der Waals surface area contributed by atoms with Crippen molar-refractivity contribution in [1.82, 2.24) is 4.90 Å². The van der Waals surface area contributed by atoms with E-state index >= 15 is 0 Å². The molecule has 1 aliphatic rings. The van der Waals surface area contributed by atoms with E-state index in [1.165, 1.54) is 17.3 Å². The van der Waals surface area contributed by atoms with E-state index in [1.807, 2.05) is 44.2 Å². The number of halogens is 2. The molecule has 1 saturated heterocycles. The summed E-state index contributed by atoms with van der Waals surface area (Å²) < 4.78 is 12.8. The zero-order valence-electron chi connectivity index (χ0n) is 21.0. The van der Waals surface area contributed by atoms with Crippen LogP contribution in [0.2, 0.25) is 5.02 Å². The Morgan fingerprint density at radius 3 is 2.41 bits per heavy atom. The zero-order chi connectivity index (χ0) is 26.4. The van der Waals surface area contributed by atoms with E-state index in [0.717, 1.165) is 27.7 Å². The van der Waals surface area contributed by atoms with E-state index in [9.17, 15) is 4.79 Å². The quantitative estimate of drug-likeness (QED) is 0.232. The molecule has 1 heterocycles. The maximum absolute atomic E-state index is 13.3. The summed E-state index contributed by atoms with van der Waals surface area (Å²) >= 11 is 11.0. The van der Waals surface area contributed by atoms with E-state index in [0.29, 0.717) is 46.4 Å². The minimum absolute atomic E-state index is 0.0656. The number of aryl methyl sites for hydroxylation is 1. The van der Waals surface area contributed by atoms with E-state index in [4.69, 9.17) is 26.1 Å². The topological polar surface area (TPSA) is 51.1 Å². The van der Waals surface area contributed by atoms with Crippen LogP contribution in [0.3, 0.4) is 0 Å². The Labute approximate surface area is 235 Å². The highest BCUT2D eigenvalue weighted by atomic mass is 79.9. The lowest BCUT2D eigenvalue weighted by Crippen LogP contribution is -2.29. The lowest BCUT2D eigenvalue weighted by molar-refractivity contribution is -0.122. The predicted molar refractivity (Wildman–Crippen MR) is 157 cm³/mol. The maximum Gasteiger partial charge on any atom is 0.266 e. The molecule has 0 aromatic heterocycles. The third kappa shape index (κ3) is 6.98. The molecule has 1 amide bonds. The van der Waals surface area contributed by atoms with Gasteiger partial charge in [0.25, 0.3) is 5.91 Å². The molecule has 0 atom stereocenters. The molecule has 1 aliphatic heterocycles. The summed E-state index contributed by atoms with van der Waals surface area (Å²) in [4.78, 5) is 20.3. The summed E-state index contributed by atoms with van der Waals surface area (Å²) in [6.45, 7) is 7.55. The van der Waals surface area contributed by atoms with Gasteiger partial charge in [0, 0.05) is 16.0 Å². The van der Waals surface area contributed by atoms with Crippen molar-refractivity contribution in [2.75, 3.05) is 13.2 Å². The van der Waals surface area contributed by atoms with Gasteiger partial charge in [-0.3, -0.25) is 9.69 Å². The molecule has 192 valence electrons. The Hall–Kier alpha value is -2.74.